The fraction of sp³-hybridized carbons (Fsp3) is 0.409. The summed E-state index contributed by atoms with van der Waals surface area (Å²) in [7, 11) is -3.46. The highest BCUT2D eigenvalue weighted by atomic mass is 35.5. The Hall–Kier alpha value is -1.89. The van der Waals surface area contributed by atoms with Gasteiger partial charge in [0.05, 0.1) is 12.3 Å². The van der Waals surface area contributed by atoms with Crippen LogP contribution in [-0.4, -0.2) is 38.6 Å². The van der Waals surface area contributed by atoms with Crippen LogP contribution in [0.4, 0.5) is 0 Å². The molecule has 1 unspecified atom stereocenters. The number of hydrogen-bond donors (Lipinski definition) is 1. The van der Waals surface area contributed by atoms with Crippen LogP contribution in [0.3, 0.4) is 0 Å². The number of benzene rings is 2. The zero-order valence-corrected chi connectivity index (χ0v) is 18.1. The number of carbonyl (C=O) groups is 1. The van der Waals surface area contributed by atoms with Gasteiger partial charge in [-0.2, -0.15) is 0 Å². The van der Waals surface area contributed by atoms with E-state index in [9.17, 15) is 13.2 Å². The Morgan fingerprint density at radius 3 is 2.31 bits per heavy atom. The third-order valence-corrected chi connectivity index (χ3v) is 6.31. The van der Waals surface area contributed by atoms with Gasteiger partial charge in [0.2, 0.25) is 15.9 Å². The van der Waals surface area contributed by atoms with Crippen molar-refractivity contribution in [3.63, 3.8) is 0 Å². The van der Waals surface area contributed by atoms with Crippen molar-refractivity contribution in [1.82, 2.24) is 9.62 Å². The van der Waals surface area contributed by atoms with E-state index in [0.29, 0.717) is 24.0 Å². The number of nitrogens with zero attached hydrogens (tertiary/aromatic N) is 1. The largest absolute Gasteiger partial charge is 0.343 e. The third-order valence-electron chi connectivity index (χ3n) is 5.34. The minimum atomic E-state index is -3.46. The fourth-order valence-corrected chi connectivity index (χ4v) is 4.68. The molecule has 1 N–H and O–H groups in total. The molecule has 1 amide bonds. The molecule has 1 aliphatic rings. The molecule has 1 atom stereocenters. The smallest absolute Gasteiger partial charge is 0.224 e. The number of likely N-dealkylation sites (tertiary alicyclic amines) is 1. The van der Waals surface area contributed by atoms with Crippen LogP contribution in [0.15, 0.2) is 54.6 Å². The highest BCUT2D eigenvalue weighted by Gasteiger charge is 2.26. The maximum Gasteiger partial charge on any atom is 0.224 e. The van der Waals surface area contributed by atoms with E-state index >= 15 is 0 Å². The van der Waals surface area contributed by atoms with Gasteiger partial charge in [-0.3, -0.25) is 4.79 Å². The molecule has 7 heteroatoms. The first-order valence-electron chi connectivity index (χ1n) is 9.84. The molecule has 0 aliphatic carbocycles. The zero-order valence-electron chi connectivity index (χ0n) is 16.6. The number of sulfonamides is 1. The number of amides is 1. The molecule has 1 fully saturated rings. The zero-order chi connectivity index (χ0) is 20.9. The average molecular weight is 435 g/mol. The maximum absolute atomic E-state index is 12.9. The Bertz CT molecular complexity index is 909. The molecular weight excluding hydrogens is 408 g/mol. The van der Waals surface area contributed by atoms with Crippen LogP contribution in [0.25, 0.3) is 0 Å². The van der Waals surface area contributed by atoms with Crippen LogP contribution >= 0.6 is 11.6 Å². The number of piperidine rings is 1. The van der Waals surface area contributed by atoms with E-state index in [0.717, 1.165) is 31.1 Å². The van der Waals surface area contributed by atoms with Gasteiger partial charge in [-0.25, -0.2) is 13.1 Å². The second-order valence-corrected chi connectivity index (χ2v) is 9.93. The predicted octanol–water partition coefficient (Wildman–Crippen LogP) is 3.80. The van der Waals surface area contributed by atoms with Crippen molar-refractivity contribution in [2.45, 2.75) is 31.7 Å². The number of hydrogen-bond acceptors (Lipinski definition) is 3. The van der Waals surface area contributed by atoms with E-state index in [1.165, 1.54) is 5.56 Å². The van der Waals surface area contributed by atoms with Gasteiger partial charge >= 0.3 is 0 Å². The third kappa shape index (κ3) is 6.84. The van der Waals surface area contributed by atoms with Gasteiger partial charge in [-0.05, 0) is 48.4 Å². The van der Waals surface area contributed by atoms with E-state index in [4.69, 9.17) is 11.6 Å². The molecule has 0 aromatic heterocycles. The molecule has 5 nitrogen and oxygen atoms in total. The summed E-state index contributed by atoms with van der Waals surface area (Å²) in [5.41, 5.74) is 2.06. The van der Waals surface area contributed by atoms with Gasteiger partial charge in [0.1, 0.15) is 0 Å². The average Bonchev–Trinajstić information content (AvgIpc) is 2.68. The molecular formula is C22H27ClN2O3S. The SMILES string of the molecule is CS(=O)(=O)NC(CC(=O)N1CCC(Cc2ccccc2)CC1)c1ccc(Cl)cc1. The standard InChI is InChI=1S/C22H27ClN2O3S/c1-29(27,28)24-21(19-7-9-20(23)10-8-19)16-22(26)25-13-11-18(12-14-25)15-17-5-3-2-4-6-17/h2-10,18,21,24H,11-16H2,1H3. The second-order valence-electron chi connectivity index (χ2n) is 7.71. The van der Waals surface area contributed by atoms with Gasteiger partial charge in [0.25, 0.3) is 0 Å². The normalized spacial score (nSPS) is 16.6. The van der Waals surface area contributed by atoms with Gasteiger partial charge in [0, 0.05) is 24.5 Å². The monoisotopic (exact) mass is 434 g/mol. The highest BCUT2D eigenvalue weighted by molar-refractivity contribution is 7.88. The number of carbonyl (C=O) groups excluding carboxylic acids is 1. The number of nitrogens with one attached hydrogen (secondary N) is 1. The van der Waals surface area contributed by atoms with Crippen LogP contribution in [0, 0.1) is 5.92 Å². The lowest BCUT2D eigenvalue weighted by molar-refractivity contribution is -0.133. The van der Waals surface area contributed by atoms with Gasteiger partial charge in [-0.1, -0.05) is 54.1 Å². The van der Waals surface area contributed by atoms with Crippen molar-refractivity contribution in [2.75, 3.05) is 19.3 Å². The molecule has 1 aliphatic heterocycles. The Morgan fingerprint density at radius 1 is 1.10 bits per heavy atom. The number of rotatable bonds is 7. The Morgan fingerprint density at radius 2 is 1.72 bits per heavy atom. The van der Waals surface area contributed by atoms with Crippen LogP contribution in [-0.2, 0) is 21.2 Å². The van der Waals surface area contributed by atoms with E-state index in [2.05, 4.69) is 29.0 Å². The molecule has 3 rings (SSSR count). The minimum Gasteiger partial charge on any atom is -0.343 e. The van der Waals surface area contributed by atoms with Crippen LogP contribution < -0.4 is 4.72 Å². The summed E-state index contributed by atoms with van der Waals surface area (Å²) in [5.74, 6) is 0.543. The van der Waals surface area contributed by atoms with Crippen LogP contribution in [0.1, 0.15) is 36.4 Å². The topological polar surface area (TPSA) is 66.5 Å². The van der Waals surface area contributed by atoms with Crippen molar-refractivity contribution in [3.05, 3.63) is 70.7 Å². The molecule has 1 heterocycles. The second kappa shape index (κ2) is 9.74. The fourth-order valence-electron chi connectivity index (χ4n) is 3.82. The van der Waals surface area contributed by atoms with Crippen molar-refractivity contribution < 1.29 is 13.2 Å². The first-order valence-corrected chi connectivity index (χ1v) is 12.1. The summed E-state index contributed by atoms with van der Waals surface area (Å²) in [6, 6.07) is 16.7. The van der Waals surface area contributed by atoms with E-state index < -0.39 is 16.1 Å². The lowest BCUT2D eigenvalue weighted by Crippen LogP contribution is -2.41. The summed E-state index contributed by atoms with van der Waals surface area (Å²) in [5, 5.41) is 0.568. The molecule has 2 aromatic carbocycles. The summed E-state index contributed by atoms with van der Waals surface area (Å²) < 4.78 is 26.2. The summed E-state index contributed by atoms with van der Waals surface area (Å²) in [6.07, 6.45) is 4.16. The lowest BCUT2D eigenvalue weighted by atomic mass is 9.90. The molecule has 0 spiro atoms. The molecule has 29 heavy (non-hydrogen) atoms. The van der Waals surface area contributed by atoms with E-state index in [1.807, 2.05) is 11.0 Å². The van der Waals surface area contributed by atoms with Gasteiger partial charge in [0.15, 0.2) is 0 Å². The molecule has 0 saturated carbocycles. The Balaban J connectivity index is 1.59. The van der Waals surface area contributed by atoms with Gasteiger partial charge < -0.3 is 4.90 Å². The lowest BCUT2D eigenvalue weighted by Gasteiger charge is -2.33. The molecule has 0 radical (unpaired) electrons. The minimum absolute atomic E-state index is 0.0285. The maximum atomic E-state index is 12.9. The summed E-state index contributed by atoms with van der Waals surface area (Å²) in [6.45, 7) is 1.42. The van der Waals surface area contributed by atoms with Crippen LogP contribution in [0.5, 0.6) is 0 Å². The Labute approximate surface area is 178 Å². The summed E-state index contributed by atoms with van der Waals surface area (Å²) in [4.78, 5) is 14.7. The molecule has 156 valence electrons. The highest BCUT2D eigenvalue weighted by Crippen LogP contribution is 2.25. The first kappa shape index (κ1) is 21.8. The molecule has 0 bridgehead atoms. The quantitative estimate of drug-likeness (QED) is 0.720. The molecule has 2 aromatic rings. The van der Waals surface area contributed by atoms with Crippen molar-refractivity contribution in [2.24, 2.45) is 5.92 Å². The van der Waals surface area contributed by atoms with Crippen molar-refractivity contribution >= 4 is 27.5 Å². The predicted molar refractivity (Wildman–Crippen MR) is 116 cm³/mol. The summed E-state index contributed by atoms with van der Waals surface area (Å²) >= 11 is 5.93. The van der Waals surface area contributed by atoms with E-state index in [1.54, 1.807) is 24.3 Å². The van der Waals surface area contributed by atoms with Gasteiger partial charge in [-0.15, -0.1) is 0 Å². The first-order chi connectivity index (χ1) is 13.8. The number of halogens is 1. The Kier molecular flexibility index (Phi) is 7.33. The molecule has 1 saturated heterocycles. The van der Waals surface area contributed by atoms with E-state index in [-0.39, 0.29) is 12.3 Å². The van der Waals surface area contributed by atoms with Crippen LogP contribution in [0.2, 0.25) is 5.02 Å². The van der Waals surface area contributed by atoms with Crippen molar-refractivity contribution in [1.29, 1.82) is 0 Å². The van der Waals surface area contributed by atoms with Crippen molar-refractivity contribution in [3.8, 4) is 0 Å².